The average molecular weight is 399 g/mol. The topological polar surface area (TPSA) is 96.8 Å². The number of nitrogens with zero attached hydrogens (tertiary/aromatic N) is 2. The third kappa shape index (κ3) is 3.94. The van der Waals surface area contributed by atoms with Gasteiger partial charge in [0.15, 0.2) is 5.13 Å². The number of nitrogens with one attached hydrogen (secondary N) is 2. The smallest absolute Gasteiger partial charge is 0.313 e. The third-order valence-electron chi connectivity index (χ3n) is 3.61. The van der Waals surface area contributed by atoms with Crippen LogP contribution in [0, 0.1) is 6.92 Å². The molecular formula is C15H15ClN4O3S2. The first-order valence-electron chi connectivity index (χ1n) is 7.33. The fourth-order valence-corrected chi connectivity index (χ4v) is 4.77. The van der Waals surface area contributed by atoms with Crippen molar-refractivity contribution in [2.45, 2.75) is 24.8 Å². The molecule has 0 aliphatic heterocycles. The van der Waals surface area contributed by atoms with Crippen LogP contribution in [0.3, 0.4) is 0 Å². The molecule has 7 nitrogen and oxygen atoms in total. The van der Waals surface area contributed by atoms with Crippen molar-refractivity contribution in [2.24, 2.45) is 0 Å². The molecule has 0 bridgehead atoms. The van der Waals surface area contributed by atoms with Gasteiger partial charge in [-0.15, -0.1) is 11.3 Å². The van der Waals surface area contributed by atoms with Gasteiger partial charge in [-0.1, -0.05) is 17.7 Å². The van der Waals surface area contributed by atoms with Gasteiger partial charge in [0.1, 0.15) is 0 Å². The second-order valence-corrected chi connectivity index (χ2v) is 8.24. The van der Waals surface area contributed by atoms with E-state index in [1.165, 1.54) is 22.0 Å². The lowest BCUT2D eigenvalue weighted by Crippen LogP contribution is -2.17. The van der Waals surface area contributed by atoms with Gasteiger partial charge in [-0.25, -0.2) is 18.2 Å². The number of aryl methyl sites for hydroxylation is 2. The number of sulfonamides is 1. The zero-order chi connectivity index (χ0) is 18.0. The summed E-state index contributed by atoms with van der Waals surface area (Å²) < 4.78 is 29.0. The van der Waals surface area contributed by atoms with E-state index in [0.29, 0.717) is 29.2 Å². The molecule has 0 spiro atoms. The van der Waals surface area contributed by atoms with Crippen LogP contribution in [0.4, 0.5) is 5.13 Å². The van der Waals surface area contributed by atoms with Crippen molar-refractivity contribution in [1.82, 2.24) is 14.5 Å². The van der Waals surface area contributed by atoms with E-state index in [1.54, 1.807) is 36.8 Å². The van der Waals surface area contributed by atoms with E-state index in [-0.39, 0.29) is 15.7 Å². The van der Waals surface area contributed by atoms with E-state index in [0.717, 1.165) is 0 Å². The van der Waals surface area contributed by atoms with Crippen molar-refractivity contribution < 1.29 is 8.42 Å². The fourth-order valence-electron chi connectivity index (χ4n) is 2.28. The summed E-state index contributed by atoms with van der Waals surface area (Å²) in [6, 6.07) is 4.72. The highest BCUT2D eigenvalue weighted by Crippen LogP contribution is 2.26. The SMILES string of the molecule is Cc1c(Cl)cccc1S(=O)(=O)Nc1nc(CCn2cc[nH]c2=O)cs1. The van der Waals surface area contributed by atoms with Gasteiger partial charge >= 0.3 is 5.69 Å². The molecule has 0 atom stereocenters. The summed E-state index contributed by atoms with van der Waals surface area (Å²) in [6.45, 7) is 2.12. The van der Waals surface area contributed by atoms with Gasteiger partial charge in [-0.05, 0) is 24.6 Å². The van der Waals surface area contributed by atoms with E-state index < -0.39 is 10.0 Å². The highest BCUT2D eigenvalue weighted by atomic mass is 35.5. The third-order valence-corrected chi connectivity index (χ3v) is 6.44. The Kier molecular flexibility index (Phi) is 4.98. The average Bonchev–Trinajstić information content (AvgIpc) is 3.16. The minimum atomic E-state index is -3.76. The molecule has 1 aromatic carbocycles. The molecule has 0 aliphatic carbocycles. The van der Waals surface area contributed by atoms with Crippen LogP contribution >= 0.6 is 22.9 Å². The Labute approximate surface area is 153 Å². The van der Waals surface area contributed by atoms with Crippen LogP contribution in [0.2, 0.25) is 5.02 Å². The van der Waals surface area contributed by atoms with Crippen LogP contribution < -0.4 is 10.4 Å². The summed E-state index contributed by atoms with van der Waals surface area (Å²) in [6.07, 6.45) is 3.74. The maximum atomic E-state index is 12.5. The van der Waals surface area contributed by atoms with Gasteiger partial charge in [0.2, 0.25) is 0 Å². The first-order chi connectivity index (χ1) is 11.9. The largest absolute Gasteiger partial charge is 0.325 e. The second-order valence-electron chi connectivity index (χ2n) is 5.32. The Balaban J connectivity index is 1.73. The Bertz CT molecular complexity index is 1050. The Morgan fingerprint density at radius 2 is 2.20 bits per heavy atom. The standard InChI is InChI=1S/C15H15ClN4O3S2/c1-10-12(16)3-2-4-13(10)25(22,23)19-14-18-11(9-24-14)5-7-20-8-6-17-15(20)21/h2-4,6,8-9H,5,7H2,1H3,(H,17,21)(H,18,19). The molecule has 2 heterocycles. The number of anilines is 1. The maximum Gasteiger partial charge on any atom is 0.325 e. The normalized spacial score (nSPS) is 11.6. The van der Waals surface area contributed by atoms with Crippen molar-refractivity contribution in [1.29, 1.82) is 0 Å². The first-order valence-corrected chi connectivity index (χ1v) is 10.1. The highest BCUT2D eigenvalue weighted by molar-refractivity contribution is 7.93. The van der Waals surface area contributed by atoms with Gasteiger partial charge in [-0.3, -0.25) is 9.29 Å². The van der Waals surface area contributed by atoms with Gasteiger partial charge < -0.3 is 4.98 Å². The van der Waals surface area contributed by atoms with E-state index in [9.17, 15) is 13.2 Å². The van der Waals surface area contributed by atoms with Gasteiger partial charge in [0.05, 0.1) is 10.6 Å². The van der Waals surface area contributed by atoms with Crippen molar-refractivity contribution >= 4 is 38.1 Å². The number of hydrogen-bond acceptors (Lipinski definition) is 5. The molecule has 0 unspecified atom stereocenters. The van der Waals surface area contributed by atoms with Crippen molar-refractivity contribution in [3.8, 4) is 0 Å². The molecule has 0 radical (unpaired) electrons. The van der Waals surface area contributed by atoms with Gasteiger partial charge in [0, 0.05) is 35.8 Å². The van der Waals surface area contributed by atoms with Crippen LogP contribution in [0.25, 0.3) is 0 Å². The lowest BCUT2D eigenvalue weighted by atomic mass is 10.2. The number of aromatic nitrogens is 3. The number of hydrogen-bond donors (Lipinski definition) is 2. The van der Waals surface area contributed by atoms with Crippen LogP contribution in [0.5, 0.6) is 0 Å². The Morgan fingerprint density at radius 1 is 1.40 bits per heavy atom. The summed E-state index contributed by atoms with van der Waals surface area (Å²) in [7, 11) is -3.76. The lowest BCUT2D eigenvalue weighted by Gasteiger charge is -2.09. The fraction of sp³-hybridized carbons (Fsp3) is 0.200. The minimum Gasteiger partial charge on any atom is -0.313 e. The molecule has 3 aromatic rings. The minimum absolute atomic E-state index is 0.121. The monoisotopic (exact) mass is 398 g/mol. The molecule has 25 heavy (non-hydrogen) atoms. The van der Waals surface area contributed by atoms with E-state index in [1.807, 2.05) is 0 Å². The molecule has 2 N–H and O–H groups in total. The number of thiazole rings is 1. The molecule has 3 rings (SSSR count). The number of aromatic amines is 1. The quantitative estimate of drug-likeness (QED) is 0.667. The van der Waals surface area contributed by atoms with Crippen LogP contribution in [-0.4, -0.2) is 23.0 Å². The molecule has 0 amide bonds. The van der Waals surface area contributed by atoms with Crippen LogP contribution in [0.1, 0.15) is 11.3 Å². The molecule has 0 saturated heterocycles. The summed E-state index contributed by atoms with van der Waals surface area (Å²) in [5, 5.41) is 2.43. The number of H-pyrrole nitrogens is 1. The maximum absolute atomic E-state index is 12.5. The Morgan fingerprint density at radius 3 is 2.92 bits per heavy atom. The molecule has 0 aliphatic rings. The number of rotatable bonds is 6. The molecular weight excluding hydrogens is 384 g/mol. The summed E-state index contributed by atoms with van der Waals surface area (Å²) in [5.41, 5.74) is 1.01. The Hall–Kier alpha value is -2.10. The summed E-state index contributed by atoms with van der Waals surface area (Å²) >= 11 is 7.19. The predicted octanol–water partition coefficient (Wildman–Crippen LogP) is 2.64. The van der Waals surface area contributed by atoms with E-state index in [2.05, 4.69) is 14.7 Å². The summed E-state index contributed by atoms with van der Waals surface area (Å²) in [5.74, 6) is 0. The first kappa shape index (κ1) is 17.7. The zero-order valence-corrected chi connectivity index (χ0v) is 15.6. The number of benzene rings is 1. The molecule has 132 valence electrons. The van der Waals surface area contributed by atoms with Crippen LogP contribution in [0.15, 0.2) is 45.7 Å². The van der Waals surface area contributed by atoms with Crippen molar-refractivity contribution in [3.63, 3.8) is 0 Å². The lowest BCUT2D eigenvalue weighted by molar-refractivity contribution is 0.600. The van der Waals surface area contributed by atoms with Crippen molar-refractivity contribution in [2.75, 3.05) is 4.72 Å². The van der Waals surface area contributed by atoms with E-state index in [4.69, 9.17) is 11.6 Å². The second kappa shape index (κ2) is 7.03. The molecule has 0 fully saturated rings. The van der Waals surface area contributed by atoms with Crippen molar-refractivity contribution in [3.05, 3.63) is 62.7 Å². The molecule has 2 aromatic heterocycles. The van der Waals surface area contributed by atoms with Gasteiger partial charge in [0.25, 0.3) is 10.0 Å². The molecule has 0 saturated carbocycles. The van der Waals surface area contributed by atoms with E-state index >= 15 is 0 Å². The zero-order valence-electron chi connectivity index (χ0n) is 13.2. The highest BCUT2D eigenvalue weighted by Gasteiger charge is 2.19. The molecule has 10 heteroatoms. The van der Waals surface area contributed by atoms with Gasteiger partial charge in [-0.2, -0.15) is 0 Å². The summed E-state index contributed by atoms with van der Waals surface area (Å²) in [4.78, 5) is 18.4. The number of halogens is 1. The van der Waals surface area contributed by atoms with Crippen LogP contribution in [-0.2, 0) is 23.0 Å². The predicted molar refractivity (Wildman–Crippen MR) is 97.9 cm³/mol. The number of imidazole rings is 1.